The molecular formula is C21H27N3. The topological polar surface area (TPSA) is 43.9 Å². The number of nitrogens with one attached hydrogen (secondary N) is 2. The lowest BCUT2D eigenvalue weighted by Gasteiger charge is -2.54. The summed E-state index contributed by atoms with van der Waals surface area (Å²) in [6.45, 7) is 2.21. The van der Waals surface area contributed by atoms with Crippen molar-refractivity contribution in [2.45, 2.75) is 57.4 Å². The lowest BCUT2D eigenvalue weighted by atomic mass is 9.53. The molecule has 2 N–H and O–H groups in total. The van der Waals surface area contributed by atoms with Gasteiger partial charge in [-0.2, -0.15) is 0 Å². The largest absolute Gasteiger partial charge is 0.367 e. The Kier molecular flexibility index (Phi) is 3.26. The summed E-state index contributed by atoms with van der Waals surface area (Å²) in [4.78, 5) is 11.9. The van der Waals surface area contributed by atoms with Crippen LogP contribution >= 0.6 is 0 Å². The number of rotatable bonds is 4. The number of hydrogen-bond donors (Lipinski definition) is 2. The van der Waals surface area contributed by atoms with Gasteiger partial charge in [0.1, 0.15) is 0 Å². The van der Waals surface area contributed by atoms with E-state index < -0.39 is 0 Å². The van der Waals surface area contributed by atoms with Crippen LogP contribution in [-0.4, -0.2) is 21.7 Å². The third-order valence-electron chi connectivity index (χ3n) is 6.74. The second-order valence-electron chi connectivity index (χ2n) is 8.46. The van der Waals surface area contributed by atoms with Crippen LogP contribution in [0.15, 0.2) is 29.6 Å². The Morgan fingerprint density at radius 3 is 2.50 bits per heavy atom. The van der Waals surface area contributed by atoms with Crippen molar-refractivity contribution in [3.8, 4) is 11.3 Å². The van der Waals surface area contributed by atoms with Gasteiger partial charge in [0.25, 0.3) is 0 Å². The second-order valence-corrected chi connectivity index (χ2v) is 8.46. The summed E-state index contributed by atoms with van der Waals surface area (Å²) in [6, 6.07) is 2.17. The highest BCUT2D eigenvalue weighted by Crippen LogP contribution is 2.57. The number of H-pyrrole nitrogens is 2. The summed E-state index contributed by atoms with van der Waals surface area (Å²) in [5, 5.41) is 0. The number of aromatic amines is 2. The molecule has 4 bridgehead atoms. The Balaban J connectivity index is 1.45. The first kappa shape index (κ1) is 14.6. The quantitative estimate of drug-likeness (QED) is 0.748. The number of aryl methyl sites for hydroxylation is 1. The van der Waals surface area contributed by atoms with Gasteiger partial charge >= 0.3 is 0 Å². The molecule has 4 fully saturated rings. The highest BCUT2D eigenvalue weighted by Gasteiger charge is 2.50. The number of hydrogen-bond acceptors (Lipinski definition) is 1. The third kappa shape index (κ3) is 2.28. The van der Waals surface area contributed by atoms with Gasteiger partial charge in [-0.3, -0.25) is 4.99 Å². The molecule has 0 spiro atoms. The average Bonchev–Trinajstić information content (AvgIpc) is 3.20. The maximum Gasteiger partial charge on any atom is 0.0616 e. The zero-order valence-corrected chi connectivity index (χ0v) is 14.5. The maximum absolute atomic E-state index is 5.23. The summed E-state index contributed by atoms with van der Waals surface area (Å²) >= 11 is 0. The van der Waals surface area contributed by atoms with E-state index in [0.29, 0.717) is 0 Å². The number of aliphatic imine (C=N–C) groups is 1. The first-order valence-electron chi connectivity index (χ1n) is 9.63. The molecule has 0 aliphatic heterocycles. The average molecular weight is 321 g/mol. The zero-order valence-electron chi connectivity index (χ0n) is 14.5. The van der Waals surface area contributed by atoms with E-state index in [-0.39, 0.29) is 5.54 Å². The fourth-order valence-electron chi connectivity index (χ4n) is 6.07. The van der Waals surface area contributed by atoms with E-state index in [1.54, 1.807) is 0 Å². The van der Waals surface area contributed by atoms with Gasteiger partial charge < -0.3 is 9.97 Å². The third-order valence-corrected chi connectivity index (χ3v) is 6.74. The monoisotopic (exact) mass is 321 g/mol. The predicted octanol–water partition coefficient (Wildman–Crippen LogP) is 4.96. The van der Waals surface area contributed by atoms with E-state index >= 15 is 0 Å². The normalized spacial score (nSPS) is 34.5. The van der Waals surface area contributed by atoms with Crippen LogP contribution in [0.1, 0.15) is 56.6 Å². The molecule has 3 nitrogen and oxygen atoms in total. The van der Waals surface area contributed by atoms with E-state index in [1.165, 1.54) is 60.9 Å². The molecule has 2 aromatic rings. The van der Waals surface area contributed by atoms with Crippen molar-refractivity contribution in [3.05, 3.63) is 35.8 Å². The van der Waals surface area contributed by atoms with Gasteiger partial charge in [-0.15, -0.1) is 0 Å². The van der Waals surface area contributed by atoms with Crippen LogP contribution in [0.3, 0.4) is 0 Å². The molecule has 0 radical (unpaired) electrons. The SMILES string of the molecule is CCc1c[nH]cc1-c1[nH]ccc1C=NC12CC3CC(CC(C3)C1)C2. The van der Waals surface area contributed by atoms with E-state index in [4.69, 9.17) is 4.99 Å². The van der Waals surface area contributed by atoms with Gasteiger partial charge in [-0.1, -0.05) is 6.92 Å². The highest BCUT2D eigenvalue weighted by atomic mass is 14.9. The van der Waals surface area contributed by atoms with Gasteiger partial charge in [0, 0.05) is 35.9 Å². The van der Waals surface area contributed by atoms with Crippen molar-refractivity contribution < 1.29 is 0 Å². The lowest BCUT2D eigenvalue weighted by Crippen LogP contribution is -2.49. The van der Waals surface area contributed by atoms with E-state index in [9.17, 15) is 0 Å². The fourth-order valence-corrected chi connectivity index (χ4v) is 6.07. The van der Waals surface area contributed by atoms with Crippen LogP contribution in [0.2, 0.25) is 0 Å². The molecule has 24 heavy (non-hydrogen) atoms. The Morgan fingerprint density at radius 2 is 1.83 bits per heavy atom. The molecule has 2 heterocycles. The van der Waals surface area contributed by atoms with Crippen LogP contribution < -0.4 is 0 Å². The number of aromatic nitrogens is 2. The van der Waals surface area contributed by atoms with Crippen molar-refractivity contribution in [3.63, 3.8) is 0 Å². The zero-order chi connectivity index (χ0) is 16.1. The molecule has 0 atom stereocenters. The van der Waals surface area contributed by atoms with Gasteiger partial charge in [-0.05, 0) is 74.3 Å². The smallest absolute Gasteiger partial charge is 0.0616 e. The molecule has 4 saturated carbocycles. The molecule has 6 rings (SSSR count). The minimum atomic E-state index is 0.259. The summed E-state index contributed by atoms with van der Waals surface area (Å²) in [5.74, 6) is 2.86. The second kappa shape index (κ2) is 5.37. The van der Waals surface area contributed by atoms with Crippen molar-refractivity contribution in [1.82, 2.24) is 9.97 Å². The highest BCUT2D eigenvalue weighted by molar-refractivity contribution is 5.90. The van der Waals surface area contributed by atoms with E-state index in [1.807, 2.05) is 6.20 Å². The summed E-state index contributed by atoms with van der Waals surface area (Å²) in [7, 11) is 0. The van der Waals surface area contributed by atoms with Crippen LogP contribution in [0, 0.1) is 17.8 Å². The van der Waals surface area contributed by atoms with Gasteiger partial charge in [0.15, 0.2) is 0 Å². The maximum atomic E-state index is 5.23. The van der Waals surface area contributed by atoms with Crippen molar-refractivity contribution in [1.29, 1.82) is 0 Å². The molecule has 4 aliphatic rings. The minimum absolute atomic E-state index is 0.259. The minimum Gasteiger partial charge on any atom is -0.367 e. The molecule has 0 aromatic carbocycles. The molecular weight excluding hydrogens is 294 g/mol. The first-order valence-corrected chi connectivity index (χ1v) is 9.63. The standard InChI is InChI=1S/C21H27N3/c1-2-17-11-22-13-19(17)20-18(3-4-23-20)12-24-21-8-14-5-15(9-21)7-16(6-14)10-21/h3-4,11-16,22-23H,2,5-10H2,1H3. The molecule has 0 saturated heterocycles. The summed E-state index contributed by atoms with van der Waals surface area (Å²) in [6.07, 6.45) is 17.9. The summed E-state index contributed by atoms with van der Waals surface area (Å²) in [5.41, 5.74) is 5.35. The lowest BCUT2D eigenvalue weighted by molar-refractivity contribution is 0.00195. The van der Waals surface area contributed by atoms with Gasteiger partial charge in [0.05, 0.1) is 11.2 Å². The van der Waals surface area contributed by atoms with E-state index in [2.05, 4.69) is 41.6 Å². The number of nitrogens with zero attached hydrogens (tertiary/aromatic N) is 1. The van der Waals surface area contributed by atoms with Crippen LogP contribution in [0.25, 0.3) is 11.3 Å². The van der Waals surface area contributed by atoms with Crippen molar-refractivity contribution in [2.75, 3.05) is 0 Å². The van der Waals surface area contributed by atoms with Gasteiger partial charge in [0.2, 0.25) is 0 Å². The Hall–Kier alpha value is -1.77. The van der Waals surface area contributed by atoms with E-state index in [0.717, 1.165) is 24.2 Å². The van der Waals surface area contributed by atoms with Gasteiger partial charge in [-0.25, -0.2) is 0 Å². The molecule has 2 aromatic heterocycles. The summed E-state index contributed by atoms with van der Waals surface area (Å²) < 4.78 is 0. The van der Waals surface area contributed by atoms with Crippen molar-refractivity contribution in [2.24, 2.45) is 22.7 Å². The van der Waals surface area contributed by atoms with Crippen molar-refractivity contribution >= 4 is 6.21 Å². The van der Waals surface area contributed by atoms with Crippen LogP contribution in [0.5, 0.6) is 0 Å². The molecule has 0 amide bonds. The Labute approximate surface area is 144 Å². The van der Waals surface area contributed by atoms with Crippen LogP contribution in [0.4, 0.5) is 0 Å². The Bertz CT molecular complexity index is 728. The molecule has 0 unspecified atom stereocenters. The van der Waals surface area contributed by atoms with Crippen LogP contribution in [-0.2, 0) is 6.42 Å². The molecule has 4 aliphatic carbocycles. The molecule has 126 valence electrons. The Morgan fingerprint density at radius 1 is 1.12 bits per heavy atom. The molecule has 3 heteroatoms. The fraction of sp³-hybridized carbons (Fsp3) is 0.571. The predicted molar refractivity (Wildman–Crippen MR) is 98.5 cm³/mol. The first-order chi connectivity index (χ1) is 11.7.